The molecule has 1 amide bonds. The number of benzene rings is 1. The Hall–Kier alpha value is -2.09. The van der Waals surface area contributed by atoms with E-state index in [4.69, 9.17) is 9.47 Å². The van der Waals surface area contributed by atoms with Crippen LogP contribution in [-0.2, 0) is 19.4 Å². The molecule has 0 N–H and O–H groups in total. The Morgan fingerprint density at radius 2 is 2.04 bits per heavy atom. The fourth-order valence-corrected chi connectivity index (χ4v) is 4.66. The fraction of sp³-hybridized carbons (Fsp3) is 0.579. The predicted molar refractivity (Wildman–Crippen MR) is 102 cm³/mol. The minimum absolute atomic E-state index is 0.0320. The van der Waals surface area contributed by atoms with Crippen molar-refractivity contribution in [3.8, 4) is 5.75 Å². The topological polar surface area (TPSA) is 90.0 Å². The van der Waals surface area contributed by atoms with E-state index >= 15 is 0 Å². The summed E-state index contributed by atoms with van der Waals surface area (Å²) in [6.45, 7) is 6.32. The molecule has 1 unspecified atom stereocenters. The largest absolute Gasteiger partial charge is 0.493 e. The minimum atomic E-state index is -3.09. The monoisotopic (exact) mass is 397 g/mol. The number of hydrogen-bond donors (Lipinski definition) is 0. The second-order valence-electron chi connectivity index (χ2n) is 7.05. The maximum Gasteiger partial charge on any atom is 0.338 e. The number of likely N-dealkylation sites (N-methyl/N-ethyl adjacent to an activating group) is 1. The van der Waals surface area contributed by atoms with Gasteiger partial charge in [0, 0.05) is 12.6 Å². The van der Waals surface area contributed by atoms with Crippen molar-refractivity contribution in [3.05, 3.63) is 29.8 Å². The highest BCUT2D eigenvalue weighted by Gasteiger charge is 2.34. The van der Waals surface area contributed by atoms with Crippen LogP contribution in [0.4, 0.5) is 0 Å². The molecule has 0 aliphatic carbocycles. The Morgan fingerprint density at radius 1 is 1.30 bits per heavy atom. The third kappa shape index (κ3) is 6.23. The lowest BCUT2D eigenvalue weighted by Gasteiger charge is -2.26. The molecule has 1 saturated heterocycles. The van der Waals surface area contributed by atoms with Gasteiger partial charge in [0.05, 0.1) is 23.7 Å². The zero-order valence-electron chi connectivity index (χ0n) is 16.0. The van der Waals surface area contributed by atoms with E-state index in [2.05, 4.69) is 0 Å². The van der Waals surface area contributed by atoms with Crippen molar-refractivity contribution in [1.29, 1.82) is 0 Å². The molecule has 1 fully saturated rings. The highest BCUT2D eigenvalue weighted by Crippen LogP contribution is 2.18. The first kappa shape index (κ1) is 21.2. The number of esters is 1. The van der Waals surface area contributed by atoms with Gasteiger partial charge in [-0.05, 0) is 37.5 Å². The Labute approximate surface area is 160 Å². The van der Waals surface area contributed by atoms with E-state index in [9.17, 15) is 18.0 Å². The zero-order valence-corrected chi connectivity index (χ0v) is 16.8. The summed E-state index contributed by atoms with van der Waals surface area (Å²) in [5, 5.41) is 0. The molecule has 1 heterocycles. The van der Waals surface area contributed by atoms with Crippen LogP contribution in [0.15, 0.2) is 24.3 Å². The van der Waals surface area contributed by atoms with Crippen LogP contribution in [0.3, 0.4) is 0 Å². The third-order valence-electron chi connectivity index (χ3n) is 4.29. The Morgan fingerprint density at radius 3 is 2.63 bits per heavy atom. The predicted octanol–water partition coefficient (Wildman–Crippen LogP) is 1.91. The van der Waals surface area contributed by atoms with Crippen LogP contribution in [0.1, 0.15) is 37.6 Å². The summed E-state index contributed by atoms with van der Waals surface area (Å²) in [4.78, 5) is 26.1. The first-order valence-corrected chi connectivity index (χ1v) is 10.9. The minimum Gasteiger partial charge on any atom is -0.493 e. The van der Waals surface area contributed by atoms with Gasteiger partial charge >= 0.3 is 5.97 Å². The fourth-order valence-electron chi connectivity index (χ4n) is 2.93. The molecule has 1 aromatic carbocycles. The van der Waals surface area contributed by atoms with E-state index in [1.807, 2.05) is 13.8 Å². The summed E-state index contributed by atoms with van der Waals surface area (Å²) in [5.74, 6) is -0.0257. The van der Waals surface area contributed by atoms with Crippen LogP contribution in [0.25, 0.3) is 0 Å². The van der Waals surface area contributed by atoms with Gasteiger partial charge in [0.2, 0.25) is 0 Å². The molecule has 0 aromatic heterocycles. The summed E-state index contributed by atoms with van der Waals surface area (Å²) < 4.78 is 34.0. The smallest absolute Gasteiger partial charge is 0.338 e. The second kappa shape index (κ2) is 9.21. The lowest BCUT2D eigenvalue weighted by atomic mass is 10.2. The van der Waals surface area contributed by atoms with Crippen molar-refractivity contribution in [2.24, 2.45) is 5.92 Å². The highest BCUT2D eigenvalue weighted by atomic mass is 32.2. The number of carbonyl (C=O) groups excluding carboxylic acids is 2. The molecule has 0 bridgehead atoms. The van der Waals surface area contributed by atoms with E-state index in [1.165, 1.54) is 4.90 Å². The molecule has 0 spiro atoms. The summed E-state index contributed by atoms with van der Waals surface area (Å²) in [5.41, 5.74) is 0.301. The van der Waals surface area contributed by atoms with Gasteiger partial charge in [-0.25, -0.2) is 13.2 Å². The normalized spacial score (nSPS) is 18.3. The van der Waals surface area contributed by atoms with Crippen molar-refractivity contribution >= 4 is 21.7 Å². The van der Waals surface area contributed by atoms with Gasteiger partial charge < -0.3 is 14.4 Å². The summed E-state index contributed by atoms with van der Waals surface area (Å²) >= 11 is 0. The van der Waals surface area contributed by atoms with Gasteiger partial charge in [-0.3, -0.25) is 4.79 Å². The summed E-state index contributed by atoms with van der Waals surface area (Å²) in [7, 11) is -3.09. The van der Waals surface area contributed by atoms with E-state index in [-0.39, 0.29) is 23.5 Å². The Kier molecular flexibility index (Phi) is 7.24. The average Bonchev–Trinajstić information content (AvgIpc) is 2.98. The molecule has 8 heteroatoms. The van der Waals surface area contributed by atoms with Crippen LogP contribution in [0, 0.1) is 5.92 Å². The summed E-state index contributed by atoms with van der Waals surface area (Å²) in [6.07, 6.45) is 0.422. The maximum absolute atomic E-state index is 12.4. The van der Waals surface area contributed by atoms with E-state index in [0.717, 1.165) is 0 Å². The standard InChI is InChI=1S/C19H27NO6S/c1-4-20(16-8-9-27(23,24)13-16)18(21)12-26-19(22)15-6-5-7-17(10-15)25-11-14(2)3/h5-7,10,14,16H,4,8-9,11-13H2,1-3H3. The van der Waals surface area contributed by atoms with Gasteiger partial charge in [-0.15, -0.1) is 0 Å². The van der Waals surface area contributed by atoms with Crippen molar-refractivity contribution in [2.75, 3.05) is 31.3 Å². The summed E-state index contributed by atoms with van der Waals surface area (Å²) in [6, 6.07) is 6.27. The molecule has 27 heavy (non-hydrogen) atoms. The Bertz CT molecular complexity index is 774. The van der Waals surface area contributed by atoms with Crippen molar-refractivity contribution < 1.29 is 27.5 Å². The number of nitrogens with zero attached hydrogens (tertiary/aromatic N) is 1. The zero-order chi connectivity index (χ0) is 20.0. The molecular weight excluding hydrogens is 370 g/mol. The van der Waals surface area contributed by atoms with Crippen LogP contribution in [0.5, 0.6) is 5.75 Å². The van der Waals surface area contributed by atoms with Gasteiger partial charge in [-0.1, -0.05) is 19.9 Å². The van der Waals surface area contributed by atoms with Crippen molar-refractivity contribution in [3.63, 3.8) is 0 Å². The van der Waals surface area contributed by atoms with Gasteiger partial charge in [0.15, 0.2) is 16.4 Å². The first-order chi connectivity index (χ1) is 12.7. The molecule has 1 aliphatic rings. The Balaban J connectivity index is 1.92. The SMILES string of the molecule is CCN(C(=O)COC(=O)c1cccc(OCC(C)C)c1)C1CCS(=O)(=O)C1. The van der Waals surface area contributed by atoms with Gasteiger partial charge in [-0.2, -0.15) is 0 Å². The molecule has 150 valence electrons. The van der Waals surface area contributed by atoms with Crippen molar-refractivity contribution in [1.82, 2.24) is 4.90 Å². The lowest BCUT2D eigenvalue weighted by molar-refractivity contribution is -0.136. The van der Waals surface area contributed by atoms with E-state index < -0.39 is 22.4 Å². The number of ether oxygens (including phenoxy) is 2. The molecule has 1 aliphatic heterocycles. The van der Waals surface area contributed by atoms with Crippen LogP contribution < -0.4 is 4.74 Å². The maximum atomic E-state index is 12.4. The van der Waals surface area contributed by atoms with Gasteiger partial charge in [0.1, 0.15) is 5.75 Å². The van der Waals surface area contributed by atoms with Gasteiger partial charge in [0.25, 0.3) is 5.91 Å². The number of hydrogen-bond acceptors (Lipinski definition) is 6. The van der Waals surface area contributed by atoms with E-state index in [0.29, 0.717) is 36.8 Å². The quantitative estimate of drug-likeness (QED) is 0.623. The molecule has 0 radical (unpaired) electrons. The molecular formula is C19H27NO6S. The molecule has 0 saturated carbocycles. The van der Waals surface area contributed by atoms with Crippen LogP contribution in [-0.4, -0.2) is 62.5 Å². The highest BCUT2D eigenvalue weighted by molar-refractivity contribution is 7.91. The van der Waals surface area contributed by atoms with Crippen LogP contribution in [0.2, 0.25) is 0 Å². The van der Waals surface area contributed by atoms with E-state index in [1.54, 1.807) is 31.2 Å². The number of amides is 1. The molecule has 1 atom stereocenters. The molecule has 7 nitrogen and oxygen atoms in total. The molecule has 2 rings (SSSR count). The van der Waals surface area contributed by atoms with Crippen LogP contribution >= 0.6 is 0 Å². The number of rotatable bonds is 8. The first-order valence-electron chi connectivity index (χ1n) is 9.11. The van der Waals surface area contributed by atoms with Crippen molar-refractivity contribution in [2.45, 2.75) is 33.2 Å². The number of carbonyl (C=O) groups is 2. The average molecular weight is 397 g/mol. The number of sulfone groups is 1. The second-order valence-corrected chi connectivity index (χ2v) is 9.27. The third-order valence-corrected chi connectivity index (χ3v) is 6.04. The lowest BCUT2D eigenvalue weighted by Crippen LogP contribution is -2.43. The molecule has 1 aromatic rings.